The van der Waals surface area contributed by atoms with Crippen LogP contribution in [-0.4, -0.2) is 23.0 Å². The molecule has 3 rings (SSSR count). The summed E-state index contributed by atoms with van der Waals surface area (Å²) in [5.41, 5.74) is -1.49. The standard InChI is InChI=1S/C20H15F4N3O3/c1-12-10-14(7-9-25-12)27(30-16-6-5-13(21)11-17(16)29-2)19(28)15-4-3-8-26-18(15)20(22,23)24/h3-11H,1-2H3. The minimum atomic E-state index is -4.86. The van der Waals surface area contributed by atoms with Gasteiger partial charge in [0.1, 0.15) is 5.82 Å². The third-order valence-electron chi connectivity index (χ3n) is 3.92. The van der Waals surface area contributed by atoms with Gasteiger partial charge in [-0.15, -0.1) is 5.06 Å². The summed E-state index contributed by atoms with van der Waals surface area (Å²) in [6.07, 6.45) is -2.56. The first-order valence-corrected chi connectivity index (χ1v) is 8.51. The van der Waals surface area contributed by atoms with Crippen LogP contribution in [0.15, 0.2) is 54.9 Å². The molecule has 0 radical (unpaired) electrons. The molecule has 0 bridgehead atoms. The average Bonchev–Trinajstić information content (AvgIpc) is 2.71. The van der Waals surface area contributed by atoms with E-state index in [1.165, 1.54) is 37.6 Å². The third-order valence-corrected chi connectivity index (χ3v) is 3.92. The summed E-state index contributed by atoms with van der Waals surface area (Å²) < 4.78 is 58.7. The summed E-state index contributed by atoms with van der Waals surface area (Å²) in [6, 6.07) is 8.28. The van der Waals surface area contributed by atoms with Crippen molar-refractivity contribution in [3.05, 3.63) is 77.6 Å². The highest BCUT2D eigenvalue weighted by molar-refractivity contribution is 6.05. The van der Waals surface area contributed by atoms with Crippen LogP contribution in [0.25, 0.3) is 0 Å². The number of benzene rings is 1. The Hall–Kier alpha value is -3.69. The van der Waals surface area contributed by atoms with Gasteiger partial charge in [0, 0.05) is 24.2 Å². The van der Waals surface area contributed by atoms with Crippen LogP contribution in [0.4, 0.5) is 23.2 Å². The van der Waals surface area contributed by atoms with E-state index in [4.69, 9.17) is 9.57 Å². The molecular weight excluding hydrogens is 406 g/mol. The van der Waals surface area contributed by atoms with Gasteiger partial charge in [-0.25, -0.2) is 4.39 Å². The van der Waals surface area contributed by atoms with Gasteiger partial charge in [-0.05, 0) is 43.3 Å². The van der Waals surface area contributed by atoms with Crippen LogP contribution in [0, 0.1) is 12.7 Å². The molecule has 2 heterocycles. The second-order valence-corrected chi connectivity index (χ2v) is 6.04. The zero-order chi connectivity index (χ0) is 21.9. The Morgan fingerprint density at radius 2 is 1.80 bits per heavy atom. The molecule has 3 aromatic rings. The lowest BCUT2D eigenvalue weighted by molar-refractivity contribution is -0.141. The van der Waals surface area contributed by atoms with Crippen LogP contribution >= 0.6 is 0 Å². The van der Waals surface area contributed by atoms with Crippen LogP contribution in [0.5, 0.6) is 11.5 Å². The zero-order valence-corrected chi connectivity index (χ0v) is 15.8. The molecule has 0 fully saturated rings. The van der Waals surface area contributed by atoms with E-state index in [0.717, 1.165) is 24.4 Å². The molecule has 1 aromatic carbocycles. The third kappa shape index (κ3) is 4.48. The van der Waals surface area contributed by atoms with Crippen molar-refractivity contribution in [3.8, 4) is 11.5 Å². The number of carbonyl (C=O) groups is 1. The number of aromatic nitrogens is 2. The van der Waals surface area contributed by atoms with Crippen molar-refractivity contribution in [1.82, 2.24) is 9.97 Å². The molecule has 1 amide bonds. The average molecular weight is 421 g/mol. The number of halogens is 4. The Morgan fingerprint density at radius 1 is 1.03 bits per heavy atom. The molecule has 0 unspecified atom stereocenters. The van der Waals surface area contributed by atoms with Gasteiger partial charge < -0.3 is 9.57 Å². The first-order chi connectivity index (χ1) is 14.2. The lowest BCUT2D eigenvalue weighted by Gasteiger charge is -2.24. The fourth-order valence-electron chi connectivity index (χ4n) is 2.60. The molecular formula is C20H15F4N3O3. The lowest BCUT2D eigenvalue weighted by atomic mass is 10.1. The first kappa shape index (κ1) is 21.0. The van der Waals surface area contributed by atoms with E-state index in [0.29, 0.717) is 10.8 Å². The lowest BCUT2D eigenvalue weighted by Crippen LogP contribution is -2.36. The van der Waals surface area contributed by atoms with Crippen molar-refractivity contribution in [2.75, 3.05) is 12.2 Å². The number of anilines is 1. The summed E-state index contributed by atoms with van der Waals surface area (Å²) in [5.74, 6) is -1.89. The van der Waals surface area contributed by atoms with Crippen molar-refractivity contribution in [3.63, 3.8) is 0 Å². The van der Waals surface area contributed by atoms with Crippen molar-refractivity contribution in [2.24, 2.45) is 0 Å². The highest BCUT2D eigenvalue weighted by atomic mass is 19.4. The number of hydroxylamine groups is 1. The number of hydrogen-bond acceptors (Lipinski definition) is 5. The summed E-state index contributed by atoms with van der Waals surface area (Å²) in [4.78, 5) is 26.0. The molecule has 30 heavy (non-hydrogen) atoms. The molecule has 10 heteroatoms. The van der Waals surface area contributed by atoms with Crippen molar-refractivity contribution >= 4 is 11.6 Å². The molecule has 0 saturated heterocycles. The van der Waals surface area contributed by atoms with Gasteiger partial charge in [0.2, 0.25) is 0 Å². The van der Waals surface area contributed by atoms with E-state index in [1.54, 1.807) is 6.92 Å². The molecule has 0 atom stereocenters. The fraction of sp³-hybridized carbons (Fsp3) is 0.150. The van der Waals surface area contributed by atoms with Crippen molar-refractivity contribution < 1.29 is 31.9 Å². The van der Waals surface area contributed by atoms with Crippen molar-refractivity contribution in [2.45, 2.75) is 13.1 Å². The largest absolute Gasteiger partial charge is 0.493 e. The Kier molecular flexibility index (Phi) is 5.86. The predicted octanol–water partition coefficient (Wildman–Crippen LogP) is 4.59. The van der Waals surface area contributed by atoms with Crippen LogP contribution in [0.3, 0.4) is 0 Å². The monoisotopic (exact) mass is 421 g/mol. The minimum Gasteiger partial charge on any atom is -0.493 e. The number of aryl methyl sites for hydroxylation is 1. The summed E-state index contributed by atoms with van der Waals surface area (Å²) in [5, 5.41) is 0.649. The van der Waals surface area contributed by atoms with Crippen LogP contribution in [-0.2, 0) is 6.18 Å². The summed E-state index contributed by atoms with van der Waals surface area (Å²) in [6.45, 7) is 1.63. The fourth-order valence-corrected chi connectivity index (χ4v) is 2.60. The van der Waals surface area contributed by atoms with Crippen LogP contribution in [0.2, 0.25) is 0 Å². The maximum absolute atomic E-state index is 13.5. The molecule has 6 nitrogen and oxygen atoms in total. The molecule has 156 valence electrons. The van der Waals surface area contributed by atoms with Gasteiger partial charge in [-0.2, -0.15) is 13.2 Å². The second kappa shape index (κ2) is 8.36. The van der Waals surface area contributed by atoms with Gasteiger partial charge in [0.25, 0.3) is 5.91 Å². The van der Waals surface area contributed by atoms with E-state index in [9.17, 15) is 22.4 Å². The smallest absolute Gasteiger partial charge is 0.434 e. The van der Waals surface area contributed by atoms with E-state index in [1.807, 2.05) is 0 Å². The summed E-state index contributed by atoms with van der Waals surface area (Å²) >= 11 is 0. The highest BCUT2D eigenvalue weighted by Crippen LogP contribution is 2.33. The number of nitrogens with zero attached hydrogens (tertiary/aromatic N) is 3. The van der Waals surface area contributed by atoms with Crippen LogP contribution < -0.4 is 14.6 Å². The van der Waals surface area contributed by atoms with Gasteiger partial charge in [0.05, 0.1) is 18.4 Å². The maximum Gasteiger partial charge on any atom is 0.434 e. The molecule has 0 aliphatic rings. The Morgan fingerprint density at radius 3 is 2.47 bits per heavy atom. The minimum absolute atomic E-state index is 0.0548. The highest BCUT2D eigenvalue weighted by Gasteiger charge is 2.38. The summed E-state index contributed by atoms with van der Waals surface area (Å²) in [7, 11) is 1.26. The quantitative estimate of drug-likeness (QED) is 0.445. The number of rotatable bonds is 5. The Bertz CT molecular complexity index is 1070. The van der Waals surface area contributed by atoms with Gasteiger partial charge in [-0.1, -0.05) is 0 Å². The number of pyridine rings is 2. The van der Waals surface area contributed by atoms with Gasteiger partial charge in [-0.3, -0.25) is 14.8 Å². The molecule has 0 aliphatic heterocycles. The molecule has 0 N–H and O–H groups in total. The zero-order valence-electron chi connectivity index (χ0n) is 15.8. The molecule has 0 saturated carbocycles. The molecule has 0 spiro atoms. The van der Waals surface area contributed by atoms with Gasteiger partial charge >= 0.3 is 6.18 Å². The van der Waals surface area contributed by atoms with E-state index in [-0.39, 0.29) is 17.2 Å². The number of alkyl halides is 3. The van der Waals surface area contributed by atoms with E-state index >= 15 is 0 Å². The number of carbonyl (C=O) groups excluding carboxylic acids is 1. The Balaban J connectivity index is 2.11. The number of hydrogen-bond donors (Lipinski definition) is 0. The van der Waals surface area contributed by atoms with E-state index in [2.05, 4.69) is 9.97 Å². The van der Waals surface area contributed by atoms with Gasteiger partial charge in [0.15, 0.2) is 17.2 Å². The van der Waals surface area contributed by atoms with E-state index < -0.39 is 29.2 Å². The maximum atomic E-state index is 13.5. The first-order valence-electron chi connectivity index (χ1n) is 8.51. The molecule has 0 aliphatic carbocycles. The normalized spacial score (nSPS) is 11.1. The second-order valence-electron chi connectivity index (χ2n) is 6.04. The SMILES string of the molecule is COc1cc(F)ccc1ON(C(=O)c1cccnc1C(F)(F)F)c1ccnc(C)c1. The number of methoxy groups -OCH3 is 1. The van der Waals surface area contributed by atoms with Crippen molar-refractivity contribution in [1.29, 1.82) is 0 Å². The predicted molar refractivity (Wildman–Crippen MR) is 98.6 cm³/mol. The molecule has 2 aromatic heterocycles. The topological polar surface area (TPSA) is 64.6 Å². The van der Waals surface area contributed by atoms with Crippen LogP contribution in [0.1, 0.15) is 21.7 Å². The number of amides is 1. The Labute approximate surface area is 168 Å². The number of ether oxygens (including phenoxy) is 1.